The number of rotatable bonds is 2. The van der Waals surface area contributed by atoms with E-state index in [1.165, 1.54) is 31.5 Å². The second-order valence-corrected chi connectivity index (χ2v) is 4.77. The fraction of sp³-hybridized carbons (Fsp3) is 0.818. The third-order valence-electron chi connectivity index (χ3n) is 3.71. The molecule has 0 bridgehead atoms. The minimum atomic E-state index is 0.580. The first-order valence-corrected chi connectivity index (χ1v) is 5.96. The van der Waals surface area contributed by atoms with Gasteiger partial charge in [0.15, 0.2) is 5.82 Å². The maximum Gasteiger partial charge on any atom is 0.154 e. The van der Waals surface area contributed by atoms with Crippen molar-refractivity contribution < 1.29 is 0 Å². The normalized spacial score (nSPS) is 26.9. The standard InChI is InChI=1S/C11H18N4/c1-15-11(9-5-6-12-7-9)13-10(14-15)8-3-2-4-8/h8-9,12H,2-7H2,1H3. The average molecular weight is 206 g/mol. The summed E-state index contributed by atoms with van der Waals surface area (Å²) < 4.78 is 1.99. The molecule has 4 heteroatoms. The Balaban J connectivity index is 1.84. The molecule has 1 aromatic heterocycles. The van der Waals surface area contributed by atoms with Crippen LogP contribution in [0.1, 0.15) is 49.2 Å². The summed E-state index contributed by atoms with van der Waals surface area (Å²) in [6.45, 7) is 2.19. The molecule has 1 saturated heterocycles. The third-order valence-corrected chi connectivity index (χ3v) is 3.71. The Kier molecular flexibility index (Phi) is 2.24. The first kappa shape index (κ1) is 9.33. The van der Waals surface area contributed by atoms with Gasteiger partial charge in [0, 0.05) is 25.4 Å². The molecule has 0 spiro atoms. The summed E-state index contributed by atoms with van der Waals surface area (Å²) in [5, 5.41) is 7.94. The average Bonchev–Trinajstić information content (AvgIpc) is 2.70. The van der Waals surface area contributed by atoms with Crippen LogP contribution in [0, 0.1) is 0 Å². The lowest BCUT2D eigenvalue weighted by molar-refractivity contribution is 0.400. The molecule has 2 aliphatic rings. The highest BCUT2D eigenvalue weighted by Crippen LogP contribution is 2.35. The van der Waals surface area contributed by atoms with Gasteiger partial charge in [-0.25, -0.2) is 4.98 Å². The molecular formula is C11H18N4. The monoisotopic (exact) mass is 206 g/mol. The zero-order chi connectivity index (χ0) is 10.3. The van der Waals surface area contributed by atoms with Gasteiger partial charge in [0.1, 0.15) is 5.82 Å². The molecule has 1 atom stereocenters. The Morgan fingerprint density at radius 2 is 2.13 bits per heavy atom. The Morgan fingerprint density at radius 3 is 2.73 bits per heavy atom. The fourth-order valence-electron chi connectivity index (χ4n) is 2.49. The van der Waals surface area contributed by atoms with E-state index in [0.717, 1.165) is 18.9 Å². The largest absolute Gasteiger partial charge is 0.316 e. The van der Waals surface area contributed by atoms with Crippen LogP contribution in [0.5, 0.6) is 0 Å². The van der Waals surface area contributed by atoms with Crippen LogP contribution >= 0.6 is 0 Å². The number of hydrogen-bond donors (Lipinski definition) is 1. The van der Waals surface area contributed by atoms with E-state index in [2.05, 4.69) is 10.4 Å². The van der Waals surface area contributed by atoms with Gasteiger partial charge in [-0.05, 0) is 25.8 Å². The highest BCUT2D eigenvalue weighted by Gasteiger charge is 2.27. The second kappa shape index (κ2) is 3.59. The van der Waals surface area contributed by atoms with Crippen molar-refractivity contribution in [2.75, 3.05) is 13.1 Å². The van der Waals surface area contributed by atoms with E-state index in [1.807, 2.05) is 11.7 Å². The molecule has 0 amide bonds. The molecule has 4 nitrogen and oxygen atoms in total. The predicted molar refractivity (Wildman–Crippen MR) is 57.8 cm³/mol. The molecule has 0 radical (unpaired) electrons. The second-order valence-electron chi connectivity index (χ2n) is 4.77. The molecule has 2 heterocycles. The van der Waals surface area contributed by atoms with Crippen LogP contribution in [-0.2, 0) is 7.05 Å². The van der Waals surface area contributed by atoms with E-state index in [1.54, 1.807) is 0 Å². The smallest absolute Gasteiger partial charge is 0.154 e. The number of nitrogens with one attached hydrogen (secondary N) is 1. The van der Waals surface area contributed by atoms with Crippen LogP contribution in [0.25, 0.3) is 0 Å². The molecule has 82 valence electrons. The summed E-state index contributed by atoms with van der Waals surface area (Å²) in [7, 11) is 2.03. The van der Waals surface area contributed by atoms with Gasteiger partial charge in [-0.15, -0.1) is 0 Å². The molecule has 1 saturated carbocycles. The highest BCUT2D eigenvalue weighted by atomic mass is 15.3. The van der Waals surface area contributed by atoms with Gasteiger partial charge in [0.2, 0.25) is 0 Å². The fourth-order valence-corrected chi connectivity index (χ4v) is 2.49. The molecular weight excluding hydrogens is 188 g/mol. The van der Waals surface area contributed by atoms with Crippen LogP contribution in [-0.4, -0.2) is 27.9 Å². The molecule has 1 unspecified atom stereocenters. The lowest BCUT2D eigenvalue weighted by Crippen LogP contribution is -2.11. The van der Waals surface area contributed by atoms with E-state index in [4.69, 9.17) is 4.98 Å². The van der Waals surface area contributed by atoms with E-state index in [9.17, 15) is 0 Å². The number of hydrogen-bond acceptors (Lipinski definition) is 3. The Bertz CT molecular complexity index is 347. The number of nitrogens with zero attached hydrogens (tertiary/aromatic N) is 3. The Labute approximate surface area is 90.1 Å². The predicted octanol–water partition coefficient (Wildman–Crippen LogP) is 1.16. The summed E-state index contributed by atoms with van der Waals surface area (Å²) in [6.07, 6.45) is 5.12. The minimum Gasteiger partial charge on any atom is -0.316 e. The molecule has 15 heavy (non-hydrogen) atoms. The Hall–Kier alpha value is -0.900. The van der Waals surface area contributed by atoms with Crippen molar-refractivity contribution in [2.24, 2.45) is 7.05 Å². The number of aromatic nitrogens is 3. The van der Waals surface area contributed by atoms with Gasteiger partial charge in [-0.2, -0.15) is 5.10 Å². The molecule has 3 rings (SSSR count). The summed E-state index contributed by atoms with van der Waals surface area (Å²) >= 11 is 0. The van der Waals surface area contributed by atoms with Crippen molar-refractivity contribution in [3.05, 3.63) is 11.6 Å². The summed E-state index contributed by atoms with van der Waals surface area (Å²) in [6, 6.07) is 0. The maximum absolute atomic E-state index is 4.73. The molecule has 1 aromatic rings. The zero-order valence-corrected chi connectivity index (χ0v) is 9.24. The summed E-state index contributed by atoms with van der Waals surface area (Å²) in [5.41, 5.74) is 0. The first-order chi connectivity index (χ1) is 7.34. The molecule has 1 aliphatic carbocycles. The Morgan fingerprint density at radius 1 is 1.27 bits per heavy atom. The van der Waals surface area contributed by atoms with Gasteiger partial charge in [0.25, 0.3) is 0 Å². The lowest BCUT2D eigenvalue weighted by atomic mass is 9.85. The maximum atomic E-state index is 4.73. The molecule has 2 fully saturated rings. The van der Waals surface area contributed by atoms with Gasteiger partial charge in [-0.3, -0.25) is 4.68 Å². The van der Waals surface area contributed by atoms with Crippen molar-refractivity contribution >= 4 is 0 Å². The van der Waals surface area contributed by atoms with Crippen LogP contribution in [0.2, 0.25) is 0 Å². The van der Waals surface area contributed by atoms with Crippen molar-refractivity contribution in [3.63, 3.8) is 0 Å². The quantitative estimate of drug-likeness (QED) is 0.789. The highest BCUT2D eigenvalue weighted by molar-refractivity contribution is 5.07. The van der Waals surface area contributed by atoms with E-state index < -0.39 is 0 Å². The van der Waals surface area contributed by atoms with Crippen LogP contribution in [0.3, 0.4) is 0 Å². The van der Waals surface area contributed by atoms with Crippen LogP contribution < -0.4 is 5.32 Å². The zero-order valence-electron chi connectivity index (χ0n) is 9.24. The van der Waals surface area contributed by atoms with Crippen molar-refractivity contribution in [1.82, 2.24) is 20.1 Å². The molecule has 0 aromatic carbocycles. The summed E-state index contributed by atoms with van der Waals surface area (Å²) in [4.78, 5) is 4.73. The minimum absolute atomic E-state index is 0.580. The molecule has 1 aliphatic heterocycles. The topological polar surface area (TPSA) is 42.7 Å². The van der Waals surface area contributed by atoms with Crippen molar-refractivity contribution in [1.29, 1.82) is 0 Å². The van der Waals surface area contributed by atoms with E-state index >= 15 is 0 Å². The first-order valence-electron chi connectivity index (χ1n) is 5.96. The van der Waals surface area contributed by atoms with Crippen molar-refractivity contribution in [2.45, 2.75) is 37.5 Å². The lowest BCUT2D eigenvalue weighted by Gasteiger charge is -2.21. The van der Waals surface area contributed by atoms with Crippen LogP contribution in [0.15, 0.2) is 0 Å². The van der Waals surface area contributed by atoms with E-state index in [-0.39, 0.29) is 0 Å². The van der Waals surface area contributed by atoms with Crippen LogP contribution in [0.4, 0.5) is 0 Å². The van der Waals surface area contributed by atoms with Gasteiger partial charge < -0.3 is 5.32 Å². The van der Waals surface area contributed by atoms with Gasteiger partial charge in [0.05, 0.1) is 0 Å². The third kappa shape index (κ3) is 1.57. The summed E-state index contributed by atoms with van der Waals surface area (Å²) in [5.74, 6) is 3.50. The number of aryl methyl sites for hydroxylation is 1. The molecule has 1 N–H and O–H groups in total. The SMILES string of the molecule is Cn1nc(C2CCC2)nc1C1CCNC1. The van der Waals surface area contributed by atoms with E-state index in [0.29, 0.717) is 11.8 Å². The van der Waals surface area contributed by atoms with Gasteiger partial charge in [-0.1, -0.05) is 6.42 Å². The van der Waals surface area contributed by atoms with Crippen molar-refractivity contribution in [3.8, 4) is 0 Å². The van der Waals surface area contributed by atoms with Gasteiger partial charge >= 0.3 is 0 Å².